The number of anilines is 1. The predicted octanol–water partition coefficient (Wildman–Crippen LogP) is 5.83. The van der Waals surface area contributed by atoms with Crippen LogP contribution in [-0.4, -0.2) is 44.3 Å². The van der Waals surface area contributed by atoms with Crippen LogP contribution in [0.4, 0.5) is 5.69 Å². The zero-order valence-corrected chi connectivity index (χ0v) is 24.6. The number of hydrogen-bond donors (Lipinski definition) is 1. The molecule has 3 aromatic rings. The molecule has 0 aliphatic carbocycles. The molecule has 3 rings (SSSR count). The summed E-state index contributed by atoms with van der Waals surface area (Å²) in [6.45, 7) is 5.39. The van der Waals surface area contributed by atoms with E-state index in [0.717, 1.165) is 10.7 Å². The minimum atomic E-state index is -4.17. The summed E-state index contributed by atoms with van der Waals surface area (Å²) in [5.74, 6) is -0.858. The first-order chi connectivity index (χ1) is 18.6. The summed E-state index contributed by atoms with van der Waals surface area (Å²) in [7, 11) is -4.17. The molecule has 39 heavy (non-hydrogen) atoms. The Hall–Kier alpha value is -3.07. The minimum absolute atomic E-state index is 0.0301. The van der Waals surface area contributed by atoms with Gasteiger partial charge in [0.2, 0.25) is 11.8 Å². The number of sulfonamides is 1. The Balaban J connectivity index is 2.09. The average molecular weight is 591 g/mol. The lowest BCUT2D eigenvalue weighted by Crippen LogP contribution is -2.52. The van der Waals surface area contributed by atoms with Gasteiger partial charge in [-0.15, -0.1) is 0 Å². The van der Waals surface area contributed by atoms with Crippen LogP contribution < -0.4 is 9.62 Å². The van der Waals surface area contributed by atoms with Crippen molar-refractivity contribution in [2.45, 2.75) is 51.1 Å². The van der Waals surface area contributed by atoms with Crippen molar-refractivity contribution in [2.24, 2.45) is 0 Å². The van der Waals surface area contributed by atoms with E-state index in [1.54, 1.807) is 67.6 Å². The van der Waals surface area contributed by atoms with Gasteiger partial charge in [0.15, 0.2) is 0 Å². The molecule has 0 bridgehead atoms. The minimum Gasteiger partial charge on any atom is -0.354 e. The van der Waals surface area contributed by atoms with Gasteiger partial charge in [-0.3, -0.25) is 13.9 Å². The average Bonchev–Trinajstić information content (AvgIpc) is 2.93. The van der Waals surface area contributed by atoms with E-state index in [4.69, 9.17) is 23.2 Å². The van der Waals surface area contributed by atoms with Crippen molar-refractivity contribution in [3.05, 3.63) is 94.0 Å². The number of hydrogen-bond acceptors (Lipinski definition) is 4. The predicted molar refractivity (Wildman–Crippen MR) is 157 cm³/mol. The fraction of sp³-hybridized carbons (Fsp3) is 0.310. The molecule has 0 aliphatic heterocycles. The summed E-state index contributed by atoms with van der Waals surface area (Å²) in [4.78, 5) is 28.6. The van der Waals surface area contributed by atoms with Gasteiger partial charge in [0.25, 0.3) is 10.0 Å². The molecule has 0 spiro atoms. The quantitative estimate of drug-likeness (QED) is 0.288. The number of carbonyl (C=O) groups is 2. The molecule has 0 fully saturated rings. The van der Waals surface area contributed by atoms with Gasteiger partial charge < -0.3 is 10.2 Å². The van der Waals surface area contributed by atoms with Crippen LogP contribution in [0.15, 0.2) is 77.7 Å². The molecule has 208 valence electrons. The molecule has 1 N–H and O–H groups in total. The van der Waals surface area contributed by atoms with Crippen LogP contribution in [0.5, 0.6) is 0 Å². The Morgan fingerprint density at radius 2 is 1.54 bits per heavy atom. The first-order valence-corrected chi connectivity index (χ1v) is 14.9. The van der Waals surface area contributed by atoms with Crippen LogP contribution in [0.1, 0.15) is 37.8 Å². The monoisotopic (exact) mass is 589 g/mol. The highest BCUT2D eigenvalue weighted by molar-refractivity contribution is 7.92. The molecule has 1 atom stereocenters. The second kappa shape index (κ2) is 13.8. The molecule has 3 aromatic carbocycles. The molecule has 0 aliphatic rings. The highest BCUT2D eigenvalue weighted by atomic mass is 35.5. The fourth-order valence-corrected chi connectivity index (χ4v) is 6.05. The number of amides is 2. The topological polar surface area (TPSA) is 86.8 Å². The zero-order chi connectivity index (χ0) is 28.6. The third kappa shape index (κ3) is 7.32. The van der Waals surface area contributed by atoms with Gasteiger partial charge in [-0.2, -0.15) is 0 Å². The first kappa shape index (κ1) is 30.5. The van der Waals surface area contributed by atoms with Gasteiger partial charge in [0, 0.05) is 23.1 Å². The maximum Gasteiger partial charge on any atom is 0.264 e. The second-order valence-electron chi connectivity index (χ2n) is 9.04. The SMILES string of the molecule is CCCNC(=O)[C@H](CC)N(Cc1ccccc1Cl)C(=O)CN(c1cccc(Cl)c1C)S(=O)(=O)c1ccccc1. The van der Waals surface area contributed by atoms with Gasteiger partial charge >= 0.3 is 0 Å². The molecule has 0 heterocycles. The van der Waals surface area contributed by atoms with Crippen LogP contribution >= 0.6 is 23.2 Å². The van der Waals surface area contributed by atoms with E-state index < -0.39 is 28.5 Å². The summed E-state index contributed by atoms with van der Waals surface area (Å²) >= 11 is 12.8. The largest absolute Gasteiger partial charge is 0.354 e. The number of halogens is 2. The Morgan fingerprint density at radius 3 is 2.18 bits per heavy atom. The number of carbonyl (C=O) groups excluding carboxylic acids is 2. The second-order valence-corrected chi connectivity index (χ2v) is 11.7. The number of nitrogens with one attached hydrogen (secondary N) is 1. The summed E-state index contributed by atoms with van der Waals surface area (Å²) in [5, 5.41) is 3.67. The van der Waals surface area contributed by atoms with Gasteiger partial charge in [-0.25, -0.2) is 8.42 Å². The molecule has 0 radical (unpaired) electrons. The normalized spacial score (nSPS) is 12.0. The molecular formula is C29H33Cl2N3O4S. The molecular weight excluding hydrogens is 557 g/mol. The van der Waals surface area contributed by atoms with Gasteiger partial charge in [-0.05, 0) is 61.2 Å². The van der Waals surface area contributed by atoms with E-state index in [2.05, 4.69) is 5.32 Å². The molecule has 10 heteroatoms. The van der Waals surface area contributed by atoms with E-state index in [1.807, 2.05) is 13.8 Å². The van der Waals surface area contributed by atoms with E-state index in [9.17, 15) is 18.0 Å². The standard InChI is InChI=1S/C29H33Cl2N3O4S/c1-4-18-32-29(36)26(5-2)33(19-22-12-9-10-15-25(22)31)28(35)20-34(27-17-11-16-24(30)21(27)3)39(37,38)23-13-7-6-8-14-23/h6-17,26H,4-5,18-20H2,1-3H3,(H,32,36)/t26-/m0/s1. The molecule has 2 amide bonds. The third-order valence-corrected chi connectivity index (χ3v) is 8.90. The maximum atomic E-state index is 14.1. The van der Waals surface area contributed by atoms with Crippen LogP contribution in [0, 0.1) is 6.92 Å². The van der Waals surface area contributed by atoms with Crippen molar-refractivity contribution >= 4 is 50.7 Å². The van der Waals surface area contributed by atoms with Crippen LogP contribution in [0.25, 0.3) is 0 Å². The highest BCUT2D eigenvalue weighted by Crippen LogP contribution is 2.31. The van der Waals surface area contributed by atoms with E-state index in [-0.39, 0.29) is 23.0 Å². The highest BCUT2D eigenvalue weighted by Gasteiger charge is 2.34. The summed E-state index contributed by atoms with van der Waals surface area (Å²) in [6.07, 6.45) is 1.06. The first-order valence-electron chi connectivity index (χ1n) is 12.7. The van der Waals surface area contributed by atoms with Gasteiger partial charge in [0.1, 0.15) is 12.6 Å². The number of benzene rings is 3. The van der Waals surface area contributed by atoms with Crippen LogP contribution in [-0.2, 0) is 26.2 Å². The lowest BCUT2D eigenvalue weighted by atomic mass is 10.1. The van der Waals surface area contributed by atoms with Crippen molar-refractivity contribution in [3.63, 3.8) is 0 Å². The molecule has 7 nitrogen and oxygen atoms in total. The van der Waals surface area contributed by atoms with Crippen molar-refractivity contribution in [1.29, 1.82) is 0 Å². The lowest BCUT2D eigenvalue weighted by molar-refractivity contribution is -0.140. The van der Waals surface area contributed by atoms with Crippen molar-refractivity contribution in [3.8, 4) is 0 Å². The Kier molecular flexibility index (Phi) is 10.8. The Bertz CT molecular complexity index is 1400. The zero-order valence-electron chi connectivity index (χ0n) is 22.2. The smallest absolute Gasteiger partial charge is 0.264 e. The molecule has 0 unspecified atom stereocenters. The number of rotatable bonds is 12. The van der Waals surface area contributed by atoms with E-state index in [0.29, 0.717) is 34.1 Å². The fourth-order valence-electron chi connectivity index (χ4n) is 4.19. The van der Waals surface area contributed by atoms with Crippen molar-refractivity contribution in [1.82, 2.24) is 10.2 Å². The number of nitrogens with zero attached hydrogens (tertiary/aromatic N) is 2. The Labute approximate surface area is 240 Å². The van der Waals surface area contributed by atoms with E-state index >= 15 is 0 Å². The lowest BCUT2D eigenvalue weighted by Gasteiger charge is -2.33. The van der Waals surface area contributed by atoms with Crippen molar-refractivity contribution in [2.75, 3.05) is 17.4 Å². The Morgan fingerprint density at radius 1 is 0.897 bits per heavy atom. The van der Waals surface area contributed by atoms with Gasteiger partial charge in [-0.1, -0.05) is 79.5 Å². The summed E-state index contributed by atoms with van der Waals surface area (Å²) in [6, 6.07) is 19.0. The van der Waals surface area contributed by atoms with Crippen molar-refractivity contribution < 1.29 is 18.0 Å². The van der Waals surface area contributed by atoms with Gasteiger partial charge in [0.05, 0.1) is 10.6 Å². The molecule has 0 aromatic heterocycles. The summed E-state index contributed by atoms with van der Waals surface area (Å²) < 4.78 is 28.8. The molecule has 0 saturated carbocycles. The summed E-state index contributed by atoms with van der Waals surface area (Å²) in [5.41, 5.74) is 1.43. The van der Waals surface area contributed by atoms with E-state index in [1.165, 1.54) is 17.0 Å². The molecule has 0 saturated heterocycles. The third-order valence-electron chi connectivity index (χ3n) is 6.35. The maximum absolute atomic E-state index is 14.1. The van der Waals surface area contributed by atoms with Crippen LogP contribution in [0.2, 0.25) is 10.0 Å². The van der Waals surface area contributed by atoms with Crippen LogP contribution in [0.3, 0.4) is 0 Å².